The third-order valence-corrected chi connectivity index (χ3v) is 4.69. The number of carbonyl (C=O) groups is 1. The molecule has 1 aliphatic rings. The minimum atomic E-state index is -0.163. The number of nitrogens with one attached hydrogen (secondary N) is 2. The van der Waals surface area contributed by atoms with Crippen molar-refractivity contribution in [2.24, 2.45) is 0 Å². The Balaban J connectivity index is 1.91. The van der Waals surface area contributed by atoms with Gasteiger partial charge in [0.05, 0.1) is 11.4 Å². The number of aromatic nitrogens is 2. The SMILES string of the molecule is CSC1CCC(NC(=O)c2n[nH]c(C)c2N)CC1. The van der Waals surface area contributed by atoms with Gasteiger partial charge in [0, 0.05) is 11.3 Å². The molecule has 1 saturated carbocycles. The number of carbonyl (C=O) groups excluding carboxylic acids is 1. The molecule has 0 aliphatic heterocycles. The maximum absolute atomic E-state index is 12.0. The maximum Gasteiger partial charge on any atom is 0.274 e. The van der Waals surface area contributed by atoms with Crippen LogP contribution in [0.15, 0.2) is 0 Å². The standard InChI is InChI=1S/C12H20N4OS/c1-7-10(13)11(16-15-7)12(17)14-8-3-5-9(18-2)6-4-8/h8-9H,3-6,13H2,1-2H3,(H,14,17)(H,15,16). The van der Waals surface area contributed by atoms with Gasteiger partial charge >= 0.3 is 0 Å². The molecule has 1 aromatic rings. The van der Waals surface area contributed by atoms with E-state index >= 15 is 0 Å². The van der Waals surface area contributed by atoms with Crippen LogP contribution in [-0.2, 0) is 0 Å². The van der Waals surface area contributed by atoms with Gasteiger partial charge in [0.15, 0.2) is 5.69 Å². The molecule has 0 bridgehead atoms. The van der Waals surface area contributed by atoms with Crippen molar-refractivity contribution in [1.29, 1.82) is 0 Å². The Kier molecular flexibility index (Phi) is 4.16. The molecule has 1 aromatic heterocycles. The number of hydrogen-bond acceptors (Lipinski definition) is 4. The largest absolute Gasteiger partial charge is 0.395 e. The van der Waals surface area contributed by atoms with Gasteiger partial charge in [-0.1, -0.05) is 0 Å². The van der Waals surface area contributed by atoms with E-state index in [1.54, 1.807) is 0 Å². The van der Waals surface area contributed by atoms with Gasteiger partial charge in [-0.25, -0.2) is 0 Å². The number of amides is 1. The Morgan fingerprint density at radius 3 is 2.61 bits per heavy atom. The lowest BCUT2D eigenvalue weighted by atomic mass is 9.95. The van der Waals surface area contributed by atoms with E-state index in [0.29, 0.717) is 11.4 Å². The Morgan fingerprint density at radius 1 is 1.44 bits per heavy atom. The van der Waals surface area contributed by atoms with Crippen LogP contribution in [0.25, 0.3) is 0 Å². The van der Waals surface area contributed by atoms with Crippen LogP contribution in [0.5, 0.6) is 0 Å². The van der Waals surface area contributed by atoms with E-state index in [-0.39, 0.29) is 11.9 Å². The molecule has 1 heterocycles. The fourth-order valence-corrected chi connectivity index (χ4v) is 3.05. The van der Waals surface area contributed by atoms with Crippen molar-refractivity contribution >= 4 is 23.4 Å². The Bertz CT molecular complexity index is 424. The van der Waals surface area contributed by atoms with Crippen molar-refractivity contribution in [3.05, 3.63) is 11.4 Å². The molecule has 1 aliphatic carbocycles. The number of nitrogen functional groups attached to an aromatic ring is 1. The zero-order valence-corrected chi connectivity index (χ0v) is 11.6. The molecule has 1 amide bonds. The fourth-order valence-electron chi connectivity index (χ4n) is 2.31. The number of anilines is 1. The summed E-state index contributed by atoms with van der Waals surface area (Å²) in [5.41, 5.74) is 7.30. The molecule has 6 heteroatoms. The van der Waals surface area contributed by atoms with E-state index < -0.39 is 0 Å². The average Bonchev–Trinajstić information content (AvgIpc) is 2.71. The highest BCUT2D eigenvalue weighted by Crippen LogP contribution is 2.27. The molecule has 0 unspecified atom stereocenters. The van der Waals surface area contributed by atoms with Crippen LogP contribution < -0.4 is 11.1 Å². The highest BCUT2D eigenvalue weighted by Gasteiger charge is 2.24. The summed E-state index contributed by atoms with van der Waals surface area (Å²) in [5, 5.41) is 10.4. The number of thioether (sulfide) groups is 1. The molecule has 100 valence electrons. The van der Waals surface area contributed by atoms with Crippen LogP contribution in [-0.4, -0.2) is 33.7 Å². The van der Waals surface area contributed by atoms with Gasteiger partial charge in [-0.2, -0.15) is 16.9 Å². The average molecular weight is 268 g/mol. The van der Waals surface area contributed by atoms with Crippen molar-refractivity contribution in [2.75, 3.05) is 12.0 Å². The lowest BCUT2D eigenvalue weighted by molar-refractivity contribution is 0.0924. The predicted octanol–water partition coefficient (Wildman–Crippen LogP) is 1.70. The topological polar surface area (TPSA) is 83.8 Å². The summed E-state index contributed by atoms with van der Waals surface area (Å²) in [7, 11) is 0. The number of hydrogen-bond donors (Lipinski definition) is 3. The monoisotopic (exact) mass is 268 g/mol. The highest BCUT2D eigenvalue weighted by atomic mass is 32.2. The number of aromatic amines is 1. The van der Waals surface area contributed by atoms with Crippen molar-refractivity contribution in [1.82, 2.24) is 15.5 Å². The van der Waals surface area contributed by atoms with E-state index in [1.165, 1.54) is 12.8 Å². The van der Waals surface area contributed by atoms with Gasteiger partial charge < -0.3 is 11.1 Å². The molecule has 0 atom stereocenters. The van der Waals surface area contributed by atoms with E-state index in [9.17, 15) is 4.79 Å². The van der Waals surface area contributed by atoms with Crippen LogP contribution in [0.2, 0.25) is 0 Å². The van der Waals surface area contributed by atoms with Crippen molar-refractivity contribution in [3.8, 4) is 0 Å². The summed E-state index contributed by atoms with van der Waals surface area (Å²) >= 11 is 1.92. The van der Waals surface area contributed by atoms with E-state index in [4.69, 9.17) is 5.73 Å². The summed E-state index contributed by atoms with van der Waals surface area (Å²) in [4.78, 5) is 12.0. The molecule has 18 heavy (non-hydrogen) atoms. The van der Waals surface area contributed by atoms with Crippen molar-refractivity contribution in [3.63, 3.8) is 0 Å². The Morgan fingerprint density at radius 2 is 2.11 bits per heavy atom. The smallest absolute Gasteiger partial charge is 0.274 e. The Hall–Kier alpha value is -1.17. The number of nitrogens with two attached hydrogens (primary N) is 1. The van der Waals surface area contributed by atoms with E-state index in [0.717, 1.165) is 23.8 Å². The zero-order chi connectivity index (χ0) is 13.1. The third kappa shape index (κ3) is 2.80. The zero-order valence-electron chi connectivity index (χ0n) is 10.8. The Labute approximate surface area is 111 Å². The van der Waals surface area contributed by atoms with E-state index in [2.05, 4.69) is 21.8 Å². The first-order valence-corrected chi connectivity index (χ1v) is 7.54. The van der Waals surface area contributed by atoms with Crippen LogP contribution in [0.4, 0.5) is 5.69 Å². The second-order valence-electron chi connectivity index (χ2n) is 4.79. The molecular weight excluding hydrogens is 248 g/mol. The predicted molar refractivity (Wildman–Crippen MR) is 74.8 cm³/mol. The molecule has 0 radical (unpaired) electrons. The molecule has 0 spiro atoms. The molecule has 0 aromatic carbocycles. The summed E-state index contributed by atoms with van der Waals surface area (Å²) in [6.45, 7) is 1.81. The molecule has 4 N–H and O–H groups in total. The molecule has 1 fully saturated rings. The second kappa shape index (κ2) is 5.65. The molecule has 5 nitrogen and oxygen atoms in total. The second-order valence-corrected chi connectivity index (χ2v) is 5.93. The molecular formula is C12H20N4OS. The third-order valence-electron chi connectivity index (χ3n) is 3.55. The van der Waals surface area contributed by atoms with E-state index in [1.807, 2.05) is 18.7 Å². The van der Waals surface area contributed by atoms with Crippen LogP contribution in [0, 0.1) is 6.92 Å². The molecule has 0 saturated heterocycles. The van der Waals surface area contributed by atoms with Crippen molar-refractivity contribution < 1.29 is 4.79 Å². The number of nitrogens with zero attached hydrogens (tertiary/aromatic N) is 1. The van der Waals surface area contributed by atoms with Crippen LogP contribution in [0.1, 0.15) is 41.9 Å². The first kappa shape index (κ1) is 13.3. The van der Waals surface area contributed by atoms with Gasteiger partial charge in [-0.05, 0) is 38.9 Å². The maximum atomic E-state index is 12.0. The first-order chi connectivity index (χ1) is 8.61. The highest BCUT2D eigenvalue weighted by molar-refractivity contribution is 7.99. The minimum Gasteiger partial charge on any atom is -0.395 e. The quantitative estimate of drug-likeness (QED) is 0.779. The normalized spacial score (nSPS) is 23.9. The first-order valence-electron chi connectivity index (χ1n) is 6.26. The van der Waals surface area contributed by atoms with Crippen molar-refractivity contribution in [2.45, 2.75) is 43.9 Å². The number of aryl methyl sites for hydroxylation is 1. The van der Waals surface area contributed by atoms with Crippen LogP contribution in [0.3, 0.4) is 0 Å². The van der Waals surface area contributed by atoms with Gasteiger partial charge in [-0.15, -0.1) is 0 Å². The summed E-state index contributed by atoms with van der Waals surface area (Å²) in [6.07, 6.45) is 6.57. The lowest BCUT2D eigenvalue weighted by Crippen LogP contribution is -2.38. The van der Waals surface area contributed by atoms with Gasteiger partial charge in [-0.3, -0.25) is 9.89 Å². The summed E-state index contributed by atoms with van der Waals surface area (Å²) in [5.74, 6) is -0.163. The lowest BCUT2D eigenvalue weighted by Gasteiger charge is -2.27. The number of rotatable bonds is 3. The van der Waals surface area contributed by atoms with Crippen LogP contribution >= 0.6 is 11.8 Å². The number of H-pyrrole nitrogens is 1. The summed E-state index contributed by atoms with van der Waals surface area (Å²) < 4.78 is 0. The fraction of sp³-hybridized carbons (Fsp3) is 0.667. The van der Waals surface area contributed by atoms with Gasteiger partial charge in [0.2, 0.25) is 0 Å². The van der Waals surface area contributed by atoms with Gasteiger partial charge in [0.1, 0.15) is 0 Å². The summed E-state index contributed by atoms with van der Waals surface area (Å²) in [6, 6.07) is 0.261. The minimum absolute atomic E-state index is 0.163. The van der Waals surface area contributed by atoms with Gasteiger partial charge in [0.25, 0.3) is 5.91 Å². The molecule has 2 rings (SSSR count).